The molecule has 0 aromatic heterocycles. The normalized spacial score (nSPS) is 10.8. The van der Waals surface area contributed by atoms with Gasteiger partial charge in [-0.2, -0.15) is 0 Å². The molecule has 0 bridgehead atoms. The second kappa shape index (κ2) is 32.1. The summed E-state index contributed by atoms with van der Waals surface area (Å²) in [6.07, 6.45) is 0. The molecule has 0 atom stereocenters. The Balaban J connectivity index is 0.000000169. The van der Waals surface area contributed by atoms with Crippen LogP contribution < -0.4 is 20.4 Å². The summed E-state index contributed by atoms with van der Waals surface area (Å²) >= 11 is 0. The van der Waals surface area contributed by atoms with Crippen LogP contribution in [0.4, 0.5) is 0 Å². The minimum Gasteiger partial charge on any atom is -0.548 e. The minimum absolute atomic E-state index is 0. The molecule has 0 fully saturated rings. The molecule has 12 aromatic rings. The third-order valence-corrected chi connectivity index (χ3v) is 15.7. The zero-order valence-electron chi connectivity index (χ0n) is 48.6. The van der Waals surface area contributed by atoms with Crippen LogP contribution in [0, 0.1) is 0 Å². The van der Waals surface area contributed by atoms with Crippen molar-refractivity contribution < 1.29 is 78.6 Å². The van der Waals surface area contributed by atoms with Crippen LogP contribution in [0.15, 0.2) is 364 Å². The van der Waals surface area contributed by atoms with Gasteiger partial charge in [0.15, 0.2) is 0 Å². The molecule has 0 aliphatic heterocycles. The van der Waals surface area contributed by atoms with E-state index in [0.29, 0.717) is 66.8 Å². The Kier molecular flexibility index (Phi) is 24.0. The molecule has 0 spiro atoms. The molecule has 444 valence electrons. The van der Waals surface area contributed by atoms with Crippen molar-refractivity contribution in [1.82, 2.24) is 0 Å². The molecule has 0 amide bonds. The van der Waals surface area contributed by atoms with Gasteiger partial charge in [0.1, 0.15) is 0 Å². The van der Waals surface area contributed by atoms with Crippen LogP contribution in [0.3, 0.4) is 0 Å². The molecule has 0 aliphatic carbocycles. The molecule has 0 saturated carbocycles. The maximum atomic E-state index is 12.3. The fourth-order valence-electron chi connectivity index (χ4n) is 11.7. The van der Waals surface area contributed by atoms with E-state index < -0.39 is 45.5 Å². The first-order valence-corrected chi connectivity index (χ1v) is 28.6. The van der Waals surface area contributed by atoms with Crippen LogP contribution in [-0.2, 0) is 79.8 Å². The topological polar surface area (TPSA) is 161 Å². The first kappa shape index (κ1) is 67.3. The van der Waals surface area contributed by atoms with E-state index in [1.54, 1.807) is 0 Å². The molecular weight excluding hydrogens is 1290 g/mol. The quantitative estimate of drug-likeness (QED) is 0.0682. The predicted octanol–water partition coefficient (Wildman–Crippen LogP) is 11.1. The van der Waals surface area contributed by atoms with Crippen molar-refractivity contribution in [1.29, 1.82) is 0 Å². The Morgan fingerprint density at radius 1 is 0.156 bits per heavy atom. The van der Waals surface area contributed by atoms with Crippen LogP contribution in [0.2, 0.25) is 0 Å². The summed E-state index contributed by atoms with van der Waals surface area (Å²) in [7, 11) is 0. The number of carboxylic acids is 4. The summed E-state index contributed by atoms with van der Waals surface area (Å²) in [4.78, 5) is 49.2. The monoisotopic (exact) mass is 1350 g/mol. The molecule has 0 N–H and O–H groups in total. The van der Waals surface area contributed by atoms with E-state index >= 15 is 0 Å². The fraction of sp³-hybridized carbons (Fsp3) is 0.0500. The van der Waals surface area contributed by atoms with E-state index in [1.807, 2.05) is 364 Å². The molecule has 90 heavy (non-hydrogen) atoms. The van der Waals surface area contributed by atoms with E-state index in [1.165, 1.54) is 0 Å². The molecule has 0 aliphatic rings. The molecule has 0 saturated heterocycles. The van der Waals surface area contributed by atoms with Gasteiger partial charge in [0, 0.05) is 0 Å². The third kappa shape index (κ3) is 13.9. The average molecular weight is 1360 g/mol. The number of hydrogen-bond donors (Lipinski definition) is 0. The van der Waals surface area contributed by atoms with Crippen molar-refractivity contribution in [2.24, 2.45) is 0 Å². The number of aliphatic carboxylic acids is 4. The van der Waals surface area contributed by atoms with Gasteiger partial charge in [0.25, 0.3) is 0 Å². The fourth-order valence-corrected chi connectivity index (χ4v) is 11.7. The zero-order valence-corrected chi connectivity index (χ0v) is 51.9. The number of benzene rings is 12. The minimum atomic E-state index is -1.32. The van der Waals surface area contributed by atoms with Crippen molar-refractivity contribution in [2.75, 3.05) is 0 Å². The van der Waals surface area contributed by atoms with Gasteiger partial charge in [-0.05, 0) is 66.8 Å². The molecule has 12 aromatic carbocycles. The van der Waals surface area contributed by atoms with Crippen molar-refractivity contribution in [2.45, 2.75) is 21.7 Å². The summed E-state index contributed by atoms with van der Waals surface area (Å²) in [5.74, 6) is -4.51. The molecule has 10 heteroatoms. The summed E-state index contributed by atoms with van der Waals surface area (Å²) in [5, 5.41) is 49.2. The predicted molar refractivity (Wildman–Crippen MR) is 337 cm³/mol. The van der Waals surface area contributed by atoms with Crippen molar-refractivity contribution in [3.8, 4) is 0 Å². The van der Waals surface area contributed by atoms with Crippen LogP contribution >= 0.6 is 0 Å². The van der Waals surface area contributed by atoms with Crippen molar-refractivity contribution >= 4 is 23.9 Å². The van der Waals surface area contributed by atoms with Gasteiger partial charge >= 0.3 is 39.0 Å². The van der Waals surface area contributed by atoms with Gasteiger partial charge in [0.05, 0.1) is 45.5 Å². The summed E-state index contributed by atoms with van der Waals surface area (Å²) in [5.41, 5.74) is 2.99. The smallest absolute Gasteiger partial charge is 0.548 e. The number of hydrogen-bond acceptors (Lipinski definition) is 8. The Morgan fingerprint density at radius 3 is 0.278 bits per heavy atom. The third-order valence-electron chi connectivity index (χ3n) is 15.7. The zero-order chi connectivity index (χ0) is 61.7. The van der Waals surface area contributed by atoms with E-state index in [-0.39, 0.29) is 39.0 Å². The van der Waals surface area contributed by atoms with E-state index in [4.69, 9.17) is 0 Å². The maximum absolute atomic E-state index is 12.3. The summed E-state index contributed by atoms with van der Waals surface area (Å²) < 4.78 is 0. The SMILES string of the molecule is O=C([O-])C(c1ccccc1)(c1ccccc1)c1ccccc1.O=C([O-])C(c1ccccc1)(c1ccccc1)c1ccccc1.O=C([O-])C(c1ccccc1)(c1ccccc1)c1ccccc1.O=C([O-])C(c1ccccc1)(c1ccccc1)c1ccccc1.[Rh+3].[Rh+3]. The van der Waals surface area contributed by atoms with Crippen LogP contribution in [0.5, 0.6) is 0 Å². The van der Waals surface area contributed by atoms with E-state index in [2.05, 4.69) is 0 Å². The average Bonchev–Trinajstić information content (AvgIpc) is 1.84. The largest absolute Gasteiger partial charge is 3.00 e. The Morgan fingerprint density at radius 2 is 0.222 bits per heavy atom. The van der Waals surface area contributed by atoms with Gasteiger partial charge in [-0.15, -0.1) is 0 Å². The summed E-state index contributed by atoms with van der Waals surface area (Å²) in [6.45, 7) is 0. The molecular formula is C80H60O8Rh2+2. The molecule has 8 nitrogen and oxygen atoms in total. The van der Waals surface area contributed by atoms with E-state index in [0.717, 1.165) is 0 Å². The second-order valence-corrected chi connectivity index (χ2v) is 20.5. The Bertz CT molecular complexity index is 3170. The second-order valence-electron chi connectivity index (χ2n) is 20.5. The Hall–Kier alpha value is -10.2. The first-order chi connectivity index (χ1) is 43.0. The molecule has 0 heterocycles. The van der Waals surface area contributed by atoms with Gasteiger partial charge < -0.3 is 39.6 Å². The van der Waals surface area contributed by atoms with Gasteiger partial charge in [-0.3, -0.25) is 0 Å². The van der Waals surface area contributed by atoms with Gasteiger partial charge in [0.2, 0.25) is 0 Å². The number of carbonyl (C=O) groups excluding carboxylic acids is 4. The molecule has 12 rings (SSSR count). The van der Waals surface area contributed by atoms with Crippen LogP contribution in [0.1, 0.15) is 66.8 Å². The van der Waals surface area contributed by atoms with Crippen molar-refractivity contribution in [3.05, 3.63) is 431 Å². The van der Waals surface area contributed by atoms with E-state index in [9.17, 15) is 39.6 Å². The number of carbonyl (C=O) groups is 4. The molecule has 0 radical (unpaired) electrons. The Labute approximate surface area is 551 Å². The van der Waals surface area contributed by atoms with Gasteiger partial charge in [-0.25, -0.2) is 0 Å². The number of rotatable bonds is 16. The van der Waals surface area contributed by atoms with Crippen LogP contribution in [0.25, 0.3) is 0 Å². The standard InChI is InChI=1S/4C20H16O2.2Rh/c4*21-19(22)20(16-10-4-1-5-11-16,17-12-6-2-7-13-17)18-14-8-3-9-15-18;;/h4*1-15H,(H,21,22);;/q;;;;2*+3/p-4. The molecule has 0 unspecified atom stereocenters. The van der Waals surface area contributed by atoms with Crippen LogP contribution in [-0.4, -0.2) is 23.9 Å². The maximum Gasteiger partial charge on any atom is 3.00 e. The van der Waals surface area contributed by atoms with Gasteiger partial charge in [-0.1, -0.05) is 364 Å². The summed E-state index contributed by atoms with van der Waals surface area (Å²) in [6, 6.07) is 111. The van der Waals surface area contributed by atoms with Crippen molar-refractivity contribution in [3.63, 3.8) is 0 Å². The first-order valence-electron chi connectivity index (χ1n) is 28.6. The number of carboxylic acid groups (broad SMARTS) is 4.